The number of pyridine rings is 1. The number of aromatic nitrogens is 3. The summed E-state index contributed by atoms with van der Waals surface area (Å²) in [6.07, 6.45) is 3.56. The van der Waals surface area contributed by atoms with Crippen LogP contribution in [-0.2, 0) is 11.8 Å². The van der Waals surface area contributed by atoms with Crippen LogP contribution in [0.2, 0.25) is 0 Å². The number of aryl methyl sites for hydroxylation is 1. The topological polar surface area (TPSA) is 95.6 Å². The molecule has 0 aliphatic heterocycles. The Labute approximate surface area is 205 Å². The molecular weight excluding hydrogens is 436 g/mol. The number of carbonyl (C=O) groups is 1. The SMILES string of the molecule is Cc1c(-c2ccc(NC(=O)[C@@H](NCC(C)c3ccc(C#N)cc3)c3ccccc3)nc2)cnn1C. The second kappa shape index (κ2) is 10.8. The van der Waals surface area contributed by atoms with Crippen LogP contribution in [0.5, 0.6) is 0 Å². The van der Waals surface area contributed by atoms with Crippen LogP contribution in [0, 0.1) is 18.3 Å². The fraction of sp³-hybridized carbons (Fsp3) is 0.214. The van der Waals surface area contributed by atoms with Gasteiger partial charge < -0.3 is 10.6 Å². The fourth-order valence-electron chi connectivity index (χ4n) is 3.91. The number of nitriles is 1. The van der Waals surface area contributed by atoms with Crippen LogP contribution in [0.15, 0.2) is 79.1 Å². The van der Waals surface area contributed by atoms with E-state index in [1.54, 1.807) is 12.3 Å². The van der Waals surface area contributed by atoms with E-state index in [0.29, 0.717) is 17.9 Å². The molecule has 1 amide bonds. The Balaban J connectivity index is 1.47. The molecule has 7 nitrogen and oxygen atoms in total. The van der Waals surface area contributed by atoms with Crippen molar-refractivity contribution in [2.45, 2.75) is 25.8 Å². The first-order valence-corrected chi connectivity index (χ1v) is 11.5. The minimum absolute atomic E-state index is 0.155. The number of hydrogen-bond donors (Lipinski definition) is 2. The van der Waals surface area contributed by atoms with Crippen molar-refractivity contribution >= 4 is 11.7 Å². The molecule has 2 N–H and O–H groups in total. The summed E-state index contributed by atoms with van der Waals surface area (Å²) in [5.74, 6) is 0.464. The van der Waals surface area contributed by atoms with Crippen molar-refractivity contribution in [2.24, 2.45) is 7.05 Å². The van der Waals surface area contributed by atoms with Crippen molar-refractivity contribution < 1.29 is 4.79 Å². The van der Waals surface area contributed by atoms with E-state index < -0.39 is 6.04 Å². The van der Waals surface area contributed by atoms with Crippen LogP contribution < -0.4 is 10.6 Å². The number of rotatable bonds is 8. The summed E-state index contributed by atoms with van der Waals surface area (Å²) < 4.78 is 1.82. The molecule has 2 aromatic heterocycles. The van der Waals surface area contributed by atoms with Gasteiger partial charge in [-0.25, -0.2) is 4.98 Å². The summed E-state index contributed by atoms with van der Waals surface area (Å²) in [4.78, 5) is 17.8. The van der Waals surface area contributed by atoms with Gasteiger partial charge in [-0.3, -0.25) is 9.48 Å². The van der Waals surface area contributed by atoms with Gasteiger partial charge in [0.15, 0.2) is 0 Å². The first-order valence-electron chi connectivity index (χ1n) is 11.5. The lowest BCUT2D eigenvalue weighted by molar-refractivity contribution is -0.118. The zero-order chi connectivity index (χ0) is 24.8. The molecule has 2 aromatic carbocycles. The highest BCUT2D eigenvalue weighted by Crippen LogP contribution is 2.24. The quantitative estimate of drug-likeness (QED) is 0.393. The third-order valence-corrected chi connectivity index (χ3v) is 6.19. The number of amides is 1. The molecule has 35 heavy (non-hydrogen) atoms. The van der Waals surface area contributed by atoms with Crippen LogP contribution in [0.1, 0.15) is 41.3 Å². The molecule has 0 radical (unpaired) electrons. The van der Waals surface area contributed by atoms with Gasteiger partial charge in [0.05, 0.1) is 17.8 Å². The highest BCUT2D eigenvalue weighted by Gasteiger charge is 2.22. The number of anilines is 1. The van der Waals surface area contributed by atoms with E-state index in [1.807, 2.05) is 85.5 Å². The fourth-order valence-corrected chi connectivity index (χ4v) is 3.91. The molecule has 4 aromatic rings. The van der Waals surface area contributed by atoms with Gasteiger partial charge in [-0.05, 0) is 48.2 Å². The maximum absolute atomic E-state index is 13.3. The Bertz CT molecular complexity index is 1320. The molecule has 0 saturated heterocycles. The lowest BCUT2D eigenvalue weighted by atomic mass is 9.98. The Morgan fingerprint density at radius 3 is 2.37 bits per heavy atom. The van der Waals surface area contributed by atoms with E-state index in [2.05, 4.69) is 33.7 Å². The lowest BCUT2D eigenvalue weighted by Gasteiger charge is -2.21. The molecule has 176 valence electrons. The maximum Gasteiger partial charge on any atom is 0.247 e. The van der Waals surface area contributed by atoms with Crippen LogP contribution >= 0.6 is 0 Å². The second-order valence-corrected chi connectivity index (χ2v) is 8.58. The van der Waals surface area contributed by atoms with Crippen molar-refractivity contribution in [3.63, 3.8) is 0 Å². The zero-order valence-electron chi connectivity index (χ0n) is 20.1. The molecule has 0 bridgehead atoms. The first-order chi connectivity index (χ1) is 17.0. The predicted octanol–water partition coefficient (Wildman–Crippen LogP) is 4.74. The smallest absolute Gasteiger partial charge is 0.247 e. The molecule has 2 heterocycles. The normalized spacial score (nSPS) is 12.5. The van der Waals surface area contributed by atoms with E-state index in [0.717, 1.165) is 27.9 Å². The summed E-state index contributed by atoms with van der Waals surface area (Å²) in [6, 6.07) is 22.5. The van der Waals surface area contributed by atoms with Gasteiger partial charge >= 0.3 is 0 Å². The number of nitrogens with one attached hydrogen (secondary N) is 2. The summed E-state index contributed by atoms with van der Waals surface area (Å²) in [7, 11) is 1.90. The summed E-state index contributed by atoms with van der Waals surface area (Å²) >= 11 is 0. The average Bonchev–Trinajstić information content (AvgIpc) is 3.23. The standard InChI is InChI=1S/C28H28N6O/c1-19(22-11-9-21(15-29)10-12-22)16-31-27(23-7-5-4-6-8-23)28(35)33-26-14-13-24(17-30-26)25-18-32-34(3)20(25)2/h4-14,17-19,27,31H,16H2,1-3H3,(H,30,33,35)/t19?,27-/m0/s1. The zero-order valence-corrected chi connectivity index (χ0v) is 20.1. The molecule has 0 saturated carbocycles. The monoisotopic (exact) mass is 464 g/mol. The lowest BCUT2D eigenvalue weighted by Crippen LogP contribution is -2.35. The van der Waals surface area contributed by atoms with Gasteiger partial charge in [0.25, 0.3) is 0 Å². The highest BCUT2D eigenvalue weighted by atomic mass is 16.2. The Kier molecular flexibility index (Phi) is 7.34. The predicted molar refractivity (Wildman–Crippen MR) is 137 cm³/mol. The summed E-state index contributed by atoms with van der Waals surface area (Å²) in [5.41, 5.74) is 5.62. The molecule has 7 heteroatoms. The van der Waals surface area contributed by atoms with Gasteiger partial charge in [-0.15, -0.1) is 0 Å². The summed E-state index contributed by atoms with van der Waals surface area (Å²) in [6.45, 7) is 4.69. The number of hydrogen-bond acceptors (Lipinski definition) is 5. The molecule has 1 unspecified atom stereocenters. The molecule has 2 atom stereocenters. The Morgan fingerprint density at radius 1 is 1.03 bits per heavy atom. The summed E-state index contributed by atoms with van der Waals surface area (Å²) in [5, 5.41) is 19.7. The first kappa shape index (κ1) is 23.9. The molecule has 0 aliphatic carbocycles. The van der Waals surface area contributed by atoms with Crippen LogP contribution in [0.4, 0.5) is 5.82 Å². The van der Waals surface area contributed by atoms with Gasteiger partial charge in [0, 0.05) is 36.6 Å². The van der Waals surface area contributed by atoms with Crippen molar-refractivity contribution in [1.82, 2.24) is 20.1 Å². The van der Waals surface area contributed by atoms with E-state index in [4.69, 9.17) is 5.26 Å². The number of nitrogens with zero attached hydrogens (tertiary/aromatic N) is 4. The number of carbonyl (C=O) groups excluding carboxylic acids is 1. The molecule has 4 rings (SSSR count). The third kappa shape index (κ3) is 5.62. The molecule has 0 aliphatic rings. The van der Waals surface area contributed by atoms with E-state index >= 15 is 0 Å². The second-order valence-electron chi connectivity index (χ2n) is 8.58. The van der Waals surface area contributed by atoms with Gasteiger partial charge in [0.1, 0.15) is 11.9 Å². The minimum atomic E-state index is -0.543. The largest absolute Gasteiger partial charge is 0.309 e. The van der Waals surface area contributed by atoms with Crippen LogP contribution in [0.25, 0.3) is 11.1 Å². The van der Waals surface area contributed by atoms with Crippen molar-refractivity contribution in [3.8, 4) is 17.2 Å². The van der Waals surface area contributed by atoms with E-state index in [1.165, 1.54) is 0 Å². The third-order valence-electron chi connectivity index (χ3n) is 6.19. The van der Waals surface area contributed by atoms with Crippen molar-refractivity contribution in [3.05, 3.63) is 102 Å². The average molecular weight is 465 g/mol. The van der Waals surface area contributed by atoms with E-state index in [9.17, 15) is 4.79 Å². The van der Waals surface area contributed by atoms with E-state index in [-0.39, 0.29) is 11.8 Å². The van der Waals surface area contributed by atoms with Crippen LogP contribution in [-0.4, -0.2) is 27.2 Å². The molecular formula is C28H28N6O. The van der Waals surface area contributed by atoms with Gasteiger partial charge in [0.2, 0.25) is 5.91 Å². The van der Waals surface area contributed by atoms with Crippen LogP contribution in [0.3, 0.4) is 0 Å². The van der Waals surface area contributed by atoms with Crippen molar-refractivity contribution in [1.29, 1.82) is 5.26 Å². The number of benzene rings is 2. The maximum atomic E-state index is 13.3. The molecule has 0 spiro atoms. The Morgan fingerprint density at radius 2 is 1.77 bits per heavy atom. The van der Waals surface area contributed by atoms with Gasteiger partial charge in [-0.2, -0.15) is 10.4 Å². The van der Waals surface area contributed by atoms with Crippen molar-refractivity contribution in [2.75, 3.05) is 11.9 Å². The highest BCUT2D eigenvalue weighted by molar-refractivity contribution is 5.95. The Hall–Kier alpha value is -4.28. The molecule has 0 fully saturated rings. The minimum Gasteiger partial charge on any atom is -0.309 e. The van der Waals surface area contributed by atoms with Gasteiger partial charge in [-0.1, -0.05) is 49.4 Å².